The van der Waals surface area contributed by atoms with Crippen molar-refractivity contribution in [3.05, 3.63) is 92.5 Å². The van der Waals surface area contributed by atoms with E-state index in [0.717, 1.165) is 33.9 Å². The van der Waals surface area contributed by atoms with E-state index in [0.29, 0.717) is 34.7 Å². The second-order valence-electron chi connectivity index (χ2n) is 8.37. The first-order chi connectivity index (χ1) is 18.2. The van der Waals surface area contributed by atoms with Crippen LogP contribution in [0, 0.1) is 12.7 Å². The number of aryl methyl sites for hydroxylation is 1. The van der Waals surface area contributed by atoms with Gasteiger partial charge in [0.05, 0.1) is 16.0 Å². The Bertz CT molecular complexity index is 1430. The van der Waals surface area contributed by atoms with E-state index in [9.17, 15) is 18.8 Å². The maximum absolute atomic E-state index is 13.4. The Morgan fingerprint density at radius 3 is 2.63 bits per heavy atom. The van der Waals surface area contributed by atoms with Gasteiger partial charge in [0.15, 0.2) is 11.5 Å². The van der Waals surface area contributed by atoms with Crippen LogP contribution in [-0.2, 0) is 16.2 Å². The van der Waals surface area contributed by atoms with Crippen LogP contribution >= 0.6 is 27.7 Å². The Morgan fingerprint density at radius 1 is 1.11 bits per heavy atom. The molecule has 0 aliphatic carbocycles. The van der Waals surface area contributed by atoms with Gasteiger partial charge in [-0.15, -0.1) is 0 Å². The quantitative estimate of drug-likeness (QED) is 0.281. The molecule has 0 saturated carbocycles. The highest BCUT2D eigenvalue weighted by Gasteiger charge is 2.36. The Hall–Kier alpha value is -3.63. The maximum atomic E-state index is 13.4. The average molecular weight is 599 g/mol. The van der Waals surface area contributed by atoms with Gasteiger partial charge in [0.1, 0.15) is 19.0 Å². The molecule has 3 aromatic carbocycles. The fourth-order valence-electron chi connectivity index (χ4n) is 3.73. The number of rotatable bonds is 9. The van der Waals surface area contributed by atoms with Crippen molar-refractivity contribution in [3.63, 3.8) is 0 Å². The zero-order chi connectivity index (χ0) is 27.2. The lowest BCUT2D eigenvalue weighted by atomic mass is 10.1. The van der Waals surface area contributed by atoms with Crippen molar-refractivity contribution in [2.45, 2.75) is 20.5 Å². The molecule has 3 amide bonds. The van der Waals surface area contributed by atoms with Crippen molar-refractivity contribution in [1.82, 2.24) is 4.90 Å². The lowest BCUT2D eigenvalue weighted by Gasteiger charge is -2.15. The number of nitrogens with zero attached hydrogens (tertiary/aromatic N) is 1. The van der Waals surface area contributed by atoms with Crippen molar-refractivity contribution < 1.29 is 28.2 Å². The number of imide groups is 1. The molecule has 0 aromatic heterocycles. The van der Waals surface area contributed by atoms with Gasteiger partial charge >= 0.3 is 0 Å². The van der Waals surface area contributed by atoms with Gasteiger partial charge in [-0.25, -0.2) is 4.39 Å². The SMILES string of the molecule is CCOc1cc(/C=C2/SC(=O)N(CC(=O)Nc3cccc(F)c3)C2=O)cc(Br)c1OCc1cccc(C)c1. The molecule has 0 unspecified atom stereocenters. The Balaban J connectivity index is 1.49. The van der Waals surface area contributed by atoms with Crippen molar-refractivity contribution in [3.8, 4) is 11.5 Å². The summed E-state index contributed by atoms with van der Waals surface area (Å²) in [6.07, 6.45) is 1.56. The summed E-state index contributed by atoms with van der Waals surface area (Å²) in [5, 5.41) is 1.92. The Morgan fingerprint density at radius 2 is 1.89 bits per heavy atom. The number of halogens is 2. The molecule has 1 saturated heterocycles. The number of amides is 3. The molecular formula is C28H24BrFN2O5S. The summed E-state index contributed by atoms with van der Waals surface area (Å²) in [5.74, 6) is -0.720. The molecule has 0 radical (unpaired) electrons. The van der Waals surface area contributed by atoms with E-state index in [1.807, 2.05) is 38.1 Å². The van der Waals surface area contributed by atoms with Gasteiger partial charge in [0.2, 0.25) is 5.91 Å². The predicted octanol–water partition coefficient (Wildman–Crippen LogP) is 6.55. The number of anilines is 1. The van der Waals surface area contributed by atoms with Gasteiger partial charge < -0.3 is 14.8 Å². The maximum Gasteiger partial charge on any atom is 0.294 e. The summed E-state index contributed by atoms with van der Waals surface area (Å²) in [6.45, 7) is 4.12. The minimum atomic E-state index is -0.615. The number of hydrogen-bond acceptors (Lipinski definition) is 6. The molecule has 1 N–H and O–H groups in total. The highest BCUT2D eigenvalue weighted by molar-refractivity contribution is 9.10. The molecule has 4 rings (SSSR count). The van der Waals surface area contributed by atoms with Gasteiger partial charge in [-0.2, -0.15) is 0 Å². The van der Waals surface area contributed by atoms with Crippen LogP contribution in [0.25, 0.3) is 6.08 Å². The number of nitrogens with one attached hydrogen (secondary N) is 1. The number of carbonyl (C=O) groups is 3. The third kappa shape index (κ3) is 6.81. The highest BCUT2D eigenvalue weighted by atomic mass is 79.9. The van der Waals surface area contributed by atoms with E-state index >= 15 is 0 Å². The molecule has 196 valence electrons. The molecule has 1 aliphatic rings. The smallest absolute Gasteiger partial charge is 0.294 e. The van der Waals surface area contributed by atoms with Crippen molar-refractivity contribution >= 4 is 56.5 Å². The summed E-state index contributed by atoms with van der Waals surface area (Å²) in [5.41, 5.74) is 2.98. The third-order valence-electron chi connectivity index (χ3n) is 5.38. The summed E-state index contributed by atoms with van der Waals surface area (Å²) in [7, 11) is 0. The molecule has 0 spiro atoms. The Kier molecular flexibility index (Phi) is 8.85. The minimum Gasteiger partial charge on any atom is -0.490 e. The van der Waals surface area contributed by atoms with E-state index in [2.05, 4.69) is 21.2 Å². The number of ether oxygens (including phenoxy) is 2. The standard InChI is InChI=1S/C28H24BrFN2O5S/c1-3-36-23-12-19(11-22(29)26(23)37-16-18-7-4-6-17(2)10-18)13-24-27(34)32(28(35)38-24)15-25(33)31-21-9-5-8-20(30)14-21/h4-14H,3,15-16H2,1-2H3,(H,31,33)/b24-13+. The van der Waals surface area contributed by atoms with Crippen molar-refractivity contribution in [2.75, 3.05) is 18.5 Å². The second kappa shape index (κ2) is 12.3. The van der Waals surface area contributed by atoms with Crippen LogP contribution in [0.1, 0.15) is 23.6 Å². The summed E-state index contributed by atoms with van der Waals surface area (Å²) >= 11 is 4.27. The molecule has 1 fully saturated rings. The van der Waals surface area contributed by atoms with Gasteiger partial charge in [-0.3, -0.25) is 19.3 Å². The molecule has 3 aromatic rings. The van der Waals surface area contributed by atoms with Crippen LogP contribution in [-0.4, -0.2) is 35.1 Å². The van der Waals surface area contributed by atoms with E-state index < -0.39 is 29.4 Å². The van der Waals surface area contributed by atoms with Crippen LogP contribution in [0.15, 0.2) is 70.0 Å². The third-order valence-corrected chi connectivity index (χ3v) is 6.88. The first kappa shape index (κ1) is 27.4. The highest BCUT2D eigenvalue weighted by Crippen LogP contribution is 2.39. The van der Waals surface area contributed by atoms with Crippen LogP contribution in [0.3, 0.4) is 0 Å². The van der Waals surface area contributed by atoms with E-state index in [1.165, 1.54) is 18.2 Å². The first-order valence-corrected chi connectivity index (χ1v) is 13.3. The fraction of sp³-hybridized carbons (Fsp3) is 0.179. The summed E-state index contributed by atoms with van der Waals surface area (Å²) in [6, 6.07) is 16.8. The lowest BCUT2D eigenvalue weighted by Crippen LogP contribution is -2.36. The molecule has 7 nitrogen and oxygen atoms in total. The van der Waals surface area contributed by atoms with E-state index in [-0.39, 0.29) is 10.6 Å². The summed E-state index contributed by atoms with van der Waals surface area (Å²) in [4.78, 5) is 38.8. The molecule has 1 aliphatic heterocycles. The summed E-state index contributed by atoms with van der Waals surface area (Å²) < 4.78 is 25.8. The van der Waals surface area contributed by atoms with Gasteiger partial charge in [-0.1, -0.05) is 35.9 Å². The minimum absolute atomic E-state index is 0.163. The zero-order valence-electron chi connectivity index (χ0n) is 20.6. The molecule has 1 heterocycles. The van der Waals surface area contributed by atoms with E-state index in [4.69, 9.17) is 9.47 Å². The van der Waals surface area contributed by atoms with Crippen molar-refractivity contribution in [1.29, 1.82) is 0 Å². The normalized spacial score (nSPS) is 14.2. The first-order valence-electron chi connectivity index (χ1n) is 11.7. The van der Waals surface area contributed by atoms with E-state index in [1.54, 1.807) is 18.2 Å². The molecule has 0 atom stereocenters. The number of carbonyl (C=O) groups excluding carboxylic acids is 3. The van der Waals surface area contributed by atoms with Crippen LogP contribution in [0.4, 0.5) is 14.9 Å². The van der Waals surface area contributed by atoms with Crippen molar-refractivity contribution in [2.24, 2.45) is 0 Å². The Labute approximate surface area is 232 Å². The van der Waals surface area contributed by atoms with Gasteiger partial charge in [0.25, 0.3) is 11.1 Å². The van der Waals surface area contributed by atoms with Gasteiger partial charge in [-0.05, 0) is 89.1 Å². The van der Waals surface area contributed by atoms with Crippen LogP contribution in [0.2, 0.25) is 0 Å². The largest absolute Gasteiger partial charge is 0.490 e. The molecule has 0 bridgehead atoms. The van der Waals surface area contributed by atoms with Gasteiger partial charge in [0, 0.05) is 5.69 Å². The molecule has 38 heavy (non-hydrogen) atoms. The topological polar surface area (TPSA) is 84.9 Å². The molecular weight excluding hydrogens is 575 g/mol. The van der Waals surface area contributed by atoms with Crippen LogP contribution in [0.5, 0.6) is 11.5 Å². The fourth-order valence-corrected chi connectivity index (χ4v) is 5.14. The predicted molar refractivity (Wildman–Crippen MR) is 149 cm³/mol. The average Bonchev–Trinajstić information content (AvgIpc) is 3.11. The lowest BCUT2D eigenvalue weighted by molar-refractivity contribution is -0.127. The second-order valence-corrected chi connectivity index (χ2v) is 10.2. The number of thioether (sulfide) groups is 1. The number of hydrogen-bond donors (Lipinski definition) is 1. The number of benzene rings is 3. The molecule has 10 heteroatoms. The monoisotopic (exact) mass is 598 g/mol. The van der Waals surface area contributed by atoms with Crippen LogP contribution < -0.4 is 14.8 Å². The zero-order valence-corrected chi connectivity index (χ0v) is 23.0.